The molecule has 74 heavy (non-hydrogen) atoms. The Morgan fingerprint density at radius 1 is 0.824 bits per heavy atom. The van der Waals surface area contributed by atoms with E-state index in [0.29, 0.717) is 32.4 Å². The predicted molar refractivity (Wildman–Crippen MR) is 252 cm³/mol. The number of aliphatic hydroxyl groups excluding tert-OH is 8. The van der Waals surface area contributed by atoms with Crippen LogP contribution in [-0.2, 0) is 42.7 Å². The Balaban J connectivity index is 1.06. The Bertz CT molecular complexity index is 2150. The number of likely N-dealkylation sites (tertiary alicyclic amines) is 1. The number of aromatic nitrogens is 3. The van der Waals surface area contributed by atoms with Gasteiger partial charge in [0, 0.05) is 25.6 Å². The minimum Gasteiger partial charge on any atom is -0.394 e. The number of carbonyl (C=O) groups is 2. The summed E-state index contributed by atoms with van der Waals surface area (Å²) >= 11 is 0. The largest absolute Gasteiger partial charge is 0.394 e. The van der Waals surface area contributed by atoms with Crippen LogP contribution in [0, 0.1) is 36.3 Å². The maximum absolute atomic E-state index is 14.4. The molecule has 5 heterocycles. The van der Waals surface area contributed by atoms with Crippen LogP contribution in [0.1, 0.15) is 96.6 Å². The van der Waals surface area contributed by atoms with Crippen molar-refractivity contribution in [3.05, 3.63) is 35.5 Å². The minimum absolute atomic E-state index is 0.0233. The summed E-state index contributed by atoms with van der Waals surface area (Å²) in [4.78, 5) is 28.8. The normalized spacial score (nSPS) is 38.6. The Morgan fingerprint density at radius 3 is 2.18 bits per heavy atom. The molecule has 9 N–H and O–H groups in total. The predicted octanol–water partition coefficient (Wildman–Crippen LogP) is 0.102. The monoisotopic (exact) mass is 1060 g/mol. The minimum atomic E-state index is -1.69. The van der Waals surface area contributed by atoms with Crippen LogP contribution in [0.5, 0.6) is 0 Å². The highest BCUT2D eigenvalue weighted by molar-refractivity contribution is 5.81. The molecule has 2 aliphatic carbocycles. The van der Waals surface area contributed by atoms with Gasteiger partial charge >= 0.3 is 0 Å². The molecule has 6 aliphatic rings. The number of carbonyl (C=O) groups excluding carboxylic acids is 2. The number of halogens is 2. The van der Waals surface area contributed by atoms with Gasteiger partial charge in [-0.2, -0.15) is 0 Å². The summed E-state index contributed by atoms with van der Waals surface area (Å²) < 4.78 is 74.1. The average Bonchev–Trinajstić information content (AvgIpc) is 3.85. The van der Waals surface area contributed by atoms with Gasteiger partial charge in [-0.3, -0.25) is 9.59 Å². The highest BCUT2D eigenvalue weighted by atomic mass is 19.2. The molecule has 8 rings (SSSR count). The second-order valence-corrected chi connectivity index (χ2v) is 21.1. The van der Waals surface area contributed by atoms with E-state index in [2.05, 4.69) is 15.6 Å². The number of hydrogen-bond acceptors (Lipinski definition) is 19. The molecule has 2 amide bonds. The Kier molecular flexibility index (Phi) is 19.1. The fourth-order valence-corrected chi connectivity index (χ4v) is 11.5. The summed E-state index contributed by atoms with van der Waals surface area (Å²) in [7, 11) is 0. The maximum Gasteiger partial charge on any atom is 0.251 e. The van der Waals surface area contributed by atoms with E-state index in [-0.39, 0.29) is 41.7 Å². The fourth-order valence-electron chi connectivity index (χ4n) is 11.5. The van der Waals surface area contributed by atoms with E-state index in [1.54, 1.807) is 4.90 Å². The molecule has 2 aromatic rings. The molecular formula is C50H75F2N5O17. The van der Waals surface area contributed by atoms with Crippen molar-refractivity contribution in [1.29, 1.82) is 0 Å². The molecule has 0 radical (unpaired) electrons. The van der Waals surface area contributed by atoms with Crippen molar-refractivity contribution in [2.45, 2.75) is 202 Å². The fraction of sp³-hybridized carbons (Fsp3) is 0.800. The van der Waals surface area contributed by atoms with Crippen molar-refractivity contribution >= 4 is 11.8 Å². The Labute approximate surface area is 428 Å². The Morgan fingerprint density at radius 2 is 1.53 bits per heavy atom. The van der Waals surface area contributed by atoms with E-state index in [4.69, 9.17) is 33.2 Å². The van der Waals surface area contributed by atoms with Gasteiger partial charge in [0.05, 0.1) is 44.3 Å². The molecule has 1 aromatic carbocycles. The number of amides is 2. The molecule has 0 spiro atoms. The van der Waals surface area contributed by atoms with Crippen molar-refractivity contribution in [3.8, 4) is 11.3 Å². The summed E-state index contributed by atoms with van der Waals surface area (Å²) in [5, 5.41) is 99.4. The van der Waals surface area contributed by atoms with Crippen LogP contribution in [0.3, 0.4) is 0 Å². The van der Waals surface area contributed by atoms with Crippen LogP contribution >= 0.6 is 0 Å². The van der Waals surface area contributed by atoms with E-state index in [1.807, 2.05) is 6.92 Å². The topological polar surface area (TPSA) is 307 Å². The van der Waals surface area contributed by atoms with Gasteiger partial charge in [-0.25, -0.2) is 13.5 Å². The molecular weight excluding hydrogens is 981 g/mol. The Hall–Kier alpha value is -3.44. The van der Waals surface area contributed by atoms with Crippen LogP contribution in [0.25, 0.3) is 11.3 Å². The zero-order valence-corrected chi connectivity index (χ0v) is 42.3. The molecule has 6 fully saturated rings. The number of hydrogen-bond donors (Lipinski definition) is 9. The molecule has 4 saturated heterocycles. The van der Waals surface area contributed by atoms with Crippen LogP contribution in [0.4, 0.5) is 8.78 Å². The van der Waals surface area contributed by atoms with E-state index < -0.39 is 153 Å². The molecule has 416 valence electrons. The van der Waals surface area contributed by atoms with Gasteiger partial charge in [0.1, 0.15) is 78.8 Å². The maximum atomic E-state index is 14.4. The summed E-state index contributed by atoms with van der Waals surface area (Å²) in [5.74, 6) is -3.58. The van der Waals surface area contributed by atoms with E-state index in [0.717, 1.165) is 49.3 Å². The SMILES string of the molecule is CCC1CC(CO[C@H]2OC(CO)[C@@H](O)C(n3cc(-c4cc(C)c(F)c(F)c4)nn3)C2O)C[C@@H](O[C@@H]2O[C@@H](CO)[C@H](O)C(O[C@@H](CC3CCCCC3)C(=O)N3CCC3)C2NC(C)=O)[C@@H]1O[C@@H]1OC(C)[C@@H](O)[C@H](O)C1O. The highest BCUT2D eigenvalue weighted by Crippen LogP contribution is 2.41. The lowest BCUT2D eigenvalue weighted by atomic mass is 9.76. The summed E-state index contributed by atoms with van der Waals surface area (Å²) in [6, 6.07) is -0.246. The highest BCUT2D eigenvalue weighted by Gasteiger charge is 2.53. The third-order valence-electron chi connectivity index (χ3n) is 15.9. The van der Waals surface area contributed by atoms with Gasteiger partial charge in [0.2, 0.25) is 5.91 Å². The first-order chi connectivity index (χ1) is 35.4. The molecule has 2 saturated carbocycles. The second kappa shape index (κ2) is 24.9. The second-order valence-electron chi connectivity index (χ2n) is 21.1. The van der Waals surface area contributed by atoms with Crippen LogP contribution in [0.2, 0.25) is 0 Å². The average molecular weight is 1060 g/mol. The molecule has 0 bridgehead atoms. The van der Waals surface area contributed by atoms with Crippen molar-refractivity contribution in [2.75, 3.05) is 32.9 Å². The van der Waals surface area contributed by atoms with Crippen molar-refractivity contribution in [1.82, 2.24) is 25.2 Å². The van der Waals surface area contributed by atoms with E-state index in [9.17, 15) is 59.2 Å². The van der Waals surface area contributed by atoms with Gasteiger partial charge in [-0.05, 0) is 75.0 Å². The van der Waals surface area contributed by atoms with Gasteiger partial charge in [0.15, 0.2) is 30.5 Å². The summed E-state index contributed by atoms with van der Waals surface area (Å²) in [5.41, 5.74) is 0.321. The molecule has 1 aromatic heterocycles. The van der Waals surface area contributed by atoms with E-state index in [1.165, 1.54) is 33.0 Å². The lowest BCUT2D eigenvalue weighted by molar-refractivity contribution is -0.340. The smallest absolute Gasteiger partial charge is 0.251 e. The van der Waals surface area contributed by atoms with Crippen molar-refractivity contribution in [3.63, 3.8) is 0 Å². The van der Waals surface area contributed by atoms with Crippen LogP contribution < -0.4 is 5.32 Å². The van der Waals surface area contributed by atoms with Gasteiger partial charge < -0.3 is 84.2 Å². The van der Waals surface area contributed by atoms with Crippen LogP contribution in [-0.4, -0.2) is 210 Å². The molecule has 24 heteroatoms. The molecule has 9 unspecified atom stereocenters. The third kappa shape index (κ3) is 12.4. The zero-order chi connectivity index (χ0) is 53.1. The molecule has 20 atom stereocenters. The van der Waals surface area contributed by atoms with E-state index >= 15 is 0 Å². The number of aryl methyl sites for hydroxylation is 1. The van der Waals surface area contributed by atoms with Gasteiger partial charge in [0.25, 0.3) is 5.91 Å². The number of benzene rings is 1. The molecule has 22 nitrogen and oxygen atoms in total. The first-order valence-electron chi connectivity index (χ1n) is 26.2. The first-order valence-corrected chi connectivity index (χ1v) is 26.2. The van der Waals surface area contributed by atoms with Gasteiger partial charge in [-0.1, -0.05) is 50.7 Å². The van der Waals surface area contributed by atoms with Gasteiger partial charge in [-0.15, -0.1) is 5.10 Å². The number of ether oxygens (including phenoxy) is 7. The quantitative estimate of drug-likeness (QED) is 0.0957. The summed E-state index contributed by atoms with van der Waals surface area (Å²) in [6.45, 7) is 5.65. The summed E-state index contributed by atoms with van der Waals surface area (Å²) in [6.07, 6.45) is -13.3. The molecule has 4 aliphatic heterocycles. The lowest BCUT2D eigenvalue weighted by Gasteiger charge is -2.50. The number of nitrogens with one attached hydrogen (secondary N) is 1. The zero-order valence-electron chi connectivity index (χ0n) is 42.3. The third-order valence-corrected chi connectivity index (χ3v) is 15.9. The number of aliphatic hydroxyl groups is 8. The van der Waals surface area contributed by atoms with Crippen LogP contribution in [0.15, 0.2) is 18.3 Å². The lowest BCUT2D eigenvalue weighted by Crippen LogP contribution is -2.67. The van der Waals surface area contributed by atoms with Crippen molar-refractivity contribution < 1.29 is 92.4 Å². The standard InChI is InChI=1S/C50H75F2N5O17/c1-5-28-15-27(22-68-49-42(64)38(40(62)34(20-58)73-49)57-19-31(54-55-57)29-14-23(2)36(52)30(51)18-29)17-32(45(28)74-50-44(66)43(65)39(61)24(3)69-50)71-48-37(53-25(4)60)46(41(63)35(21-59)72-48)70-33(47(67)56-12-9-13-56)16-26-10-7-6-8-11-26/h14,18-19,24,26-28,32-35,37-46,48-50,58-59,61-66H,5-13,15-17,20-22H2,1-4H3,(H,53,60)/t24?,27?,28?,32-,33+,34?,35+,37?,38?,39-,40-,41+,42?,43+,44?,45-,46?,48-,49+,50+/m1/s1. The van der Waals surface area contributed by atoms with Crippen molar-refractivity contribution in [2.24, 2.45) is 17.8 Å². The number of nitrogens with zero attached hydrogens (tertiary/aromatic N) is 4. The first kappa shape index (κ1) is 56.8. The number of rotatable bonds is 18.